The van der Waals surface area contributed by atoms with Crippen LogP contribution in [-0.4, -0.2) is 39.4 Å². The number of halogens is 1. The van der Waals surface area contributed by atoms with Crippen LogP contribution in [0, 0.1) is 18.7 Å². The lowest BCUT2D eigenvalue weighted by atomic mass is 9.85. The molecule has 6 heteroatoms. The molecule has 2 aliphatic heterocycles. The maximum atomic E-state index is 13.2. The number of carbonyl (C=O) groups excluding carboxylic acids is 2. The molecule has 2 unspecified atom stereocenters. The zero-order valence-electron chi connectivity index (χ0n) is 15.2. The molecular weight excluding hydrogens is 323 g/mol. The molecule has 0 aromatic carbocycles. The number of amides is 1. The van der Waals surface area contributed by atoms with Gasteiger partial charge in [-0.3, -0.25) is 4.79 Å². The lowest BCUT2D eigenvalue weighted by Crippen LogP contribution is -2.49. The van der Waals surface area contributed by atoms with Gasteiger partial charge in [-0.2, -0.15) is 0 Å². The van der Waals surface area contributed by atoms with Crippen LogP contribution < -0.4 is 0 Å². The van der Waals surface area contributed by atoms with Crippen LogP contribution in [-0.2, 0) is 4.74 Å². The molecule has 0 aliphatic carbocycles. The number of fused-ring (bicyclic) bond motifs is 2. The van der Waals surface area contributed by atoms with E-state index in [4.69, 9.17) is 4.74 Å². The van der Waals surface area contributed by atoms with Gasteiger partial charge in [0.25, 0.3) is 0 Å². The average molecular weight is 348 g/mol. The van der Waals surface area contributed by atoms with Gasteiger partial charge in [-0.15, -0.1) is 0 Å². The topological polar surface area (TPSA) is 59.5 Å². The normalized spacial score (nSPS) is 25.8. The lowest BCUT2D eigenvalue weighted by molar-refractivity contribution is 0.00250. The van der Waals surface area contributed by atoms with E-state index in [1.165, 1.54) is 6.07 Å². The lowest BCUT2D eigenvalue weighted by Gasteiger charge is -2.39. The summed E-state index contributed by atoms with van der Waals surface area (Å²) < 4.78 is 18.7. The number of nitrogens with zero attached hydrogens (tertiary/aromatic N) is 2. The van der Waals surface area contributed by atoms with Crippen LogP contribution >= 0.6 is 0 Å². The molecule has 2 aliphatic rings. The van der Waals surface area contributed by atoms with Crippen LogP contribution in [0.3, 0.4) is 0 Å². The molecule has 2 fully saturated rings. The smallest absolute Gasteiger partial charge is 0.410 e. The Labute approximate surface area is 147 Å². The van der Waals surface area contributed by atoms with Crippen LogP contribution in [0.15, 0.2) is 12.3 Å². The zero-order chi connectivity index (χ0) is 18.4. The summed E-state index contributed by atoms with van der Waals surface area (Å²) in [6, 6.07) is 1.40. The maximum absolute atomic E-state index is 13.2. The molecule has 136 valence electrons. The standard InChI is InChI=1S/C19H25FN2O3/c1-11-7-13(20)10-21-16(11)17(23)12-8-14-5-6-15(9-12)22(14)18(24)25-19(2,3)4/h7,10,12,14-15H,5-6,8-9H2,1-4H3. The fraction of sp³-hybridized carbons (Fsp3) is 0.632. The second kappa shape index (κ2) is 6.39. The molecule has 0 spiro atoms. The van der Waals surface area contributed by atoms with Crippen molar-refractivity contribution in [1.29, 1.82) is 0 Å². The number of rotatable bonds is 2. The Kier molecular flexibility index (Phi) is 4.56. The number of aromatic nitrogens is 1. The van der Waals surface area contributed by atoms with E-state index in [2.05, 4.69) is 4.98 Å². The molecule has 0 saturated carbocycles. The second-order valence-corrected chi connectivity index (χ2v) is 8.12. The van der Waals surface area contributed by atoms with Gasteiger partial charge in [0.05, 0.1) is 6.20 Å². The van der Waals surface area contributed by atoms with Gasteiger partial charge in [0.15, 0.2) is 5.78 Å². The quantitative estimate of drug-likeness (QED) is 0.761. The summed E-state index contributed by atoms with van der Waals surface area (Å²) in [5.74, 6) is -0.653. The van der Waals surface area contributed by atoms with Crippen molar-refractivity contribution in [3.05, 3.63) is 29.3 Å². The molecular formula is C19H25FN2O3. The molecule has 1 aromatic heterocycles. The van der Waals surface area contributed by atoms with Crippen molar-refractivity contribution < 1.29 is 18.7 Å². The highest BCUT2D eigenvalue weighted by atomic mass is 19.1. The third-order valence-electron chi connectivity index (χ3n) is 4.99. The molecule has 0 N–H and O–H groups in total. The van der Waals surface area contributed by atoms with Gasteiger partial charge in [0.2, 0.25) is 0 Å². The Morgan fingerprint density at radius 1 is 1.24 bits per heavy atom. The van der Waals surface area contributed by atoms with Crippen molar-refractivity contribution in [3.63, 3.8) is 0 Å². The first-order chi connectivity index (χ1) is 11.7. The minimum atomic E-state index is -0.529. The number of hydrogen-bond acceptors (Lipinski definition) is 4. The monoisotopic (exact) mass is 348 g/mol. The summed E-state index contributed by atoms with van der Waals surface area (Å²) in [6.45, 7) is 7.26. The summed E-state index contributed by atoms with van der Waals surface area (Å²) in [4.78, 5) is 31.1. The molecule has 25 heavy (non-hydrogen) atoms. The highest BCUT2D eigenvalue weighted by molar-refractivity contribution is 5.97. The van der Waals surface area contributed by atoms with Crippen LogP contribution in [0.5, 0.6) is 0 Å². The average Bonchev–Trinajstić information content (AvgIpc) is 2.75. The zero-order valence-corrected chi connectivity index (χ0v) is 15.2. The Morgan fingerprint density at radius 2 is 1.84 bits per heavy atom. The van der Waals surface area contributed by atoms with Crippen LogP contribution in [0.1, 0.15) is 62.5 Å². The van der Waals surface area contributed by atoms with Gasteiger partial charge in [0.1, 0.15) is 17.1 Å². The number of aryl methyl sites for hydroxylation is 1. The molecule has 1 amide bonds. The SMILES string of the molecule is Cc1cc(F)cnc1C(=O)C1CC2CCC(C1)N2C(=O)OC(C)(C)C. The van der Waals surface area contributed by atoms with E-state index < -0.39 is 11.4 Å². The maximum Gasteiger partial charge on any atom is 0.410 e. The fourth-order valence-electron chi connectivity index (χ4n) is 4.00. The Bertz CT molecular complexity index is 684. The van der Waals surface area contributed by atoms with E-state index >= 15 is 0 Å². The van der Waals surface area contributed by atoms with Crippen molar-refractivity contribution in [2.75, 3.05) is 0 Å². The Hall–Kier alpha value is -1.98. The van der Waals surface area contributed by atoms with Gasteiger partial charge in [-0.25, -0.2) is 14.2 Å². The number of ether oxygens (including phenoxy) is 1. The van der Waals surface area contributed by atoms with E-state index in [0.29, 0.717) is 24.1 Å². The molecule has 2 saturated heterocycles. The van der Waals surface area contributed by atoms with Gasteiger partial charge < -0.3 is 9.64 Å². The number of pyridine rings is 1. The molecule has 0 radical (unpaired) electrons. The van der Waals surface area contributed by atoms with E-state index in [0.717, 1.165) is 19.0 Å². The summed E-state index contributed by atoms with van der Waals surface area (Å²) in [5, 5.41) is 0. The Morgan fingerprint density at radius 3 is 2.36 bits per heavy atom. The molecule has 3 heterocycles. The van der Waals surface area contributed by atoms with Gasteiger partial charge in [-0.05, 0) is 65.0 Å². The molecule has 3 rings (SSSR count). The van der Waals surface area contributed by atoms with Crippen molar-refractivity contribution in [2.24, 2.45) is 5.92 Å². The van der Waals surface area contributed by atoms with Crippen molar-refractivity contribution in [1.82, 2.24) is 9.88 Å². The van der Waals surface area contributed by atoms with Crippen LogP contribution in [0.4, 0.5) is 9.18 Å². The van der Waals surface area contributed by atoms with Gasteiger partial charge >= 0.3 is 6.09 Å². The number of Topliss-reactive ketones (excluding diaryl/α,β-unsaturated/α-hetero) is 1. The van der Waals surface area contributed by atoms with Crippen molar-refractivity contribution in [2.45, 2.75) is 71.1 Å². The minimum Gasteiger partial charge on any atom is -0.444 e. The largest absolute Gasteiger partial charge is 0.444 e. The first-order valence-electron chi connectivity index (χ1n) is 8.83. The van der Waals surface area contributed by atoms with Crippen molar-refractivity contribution >= 4 is 11.9 Å². The number of piperidine rings is 1. The number of hydrogen-bond donors (Lipinski definition) is 0. The predicted octanol–water partition coefficient (Wildman–Crippen LogP) is 3.89. The fourth-order valence-corrected chi connectivity index (χ4v) is 4.00. The highest BCUT2D eigenvalue weighted by Crippen LogP contribution is 2.40. The molecule has 5 nitrogen and oxygen atoms in total. The predicted molar refractivity (Wildman–Crippen MR) is 90.9 cm³/mol. The molecule has 2 bridgehead atoms. The van der Waals surface area contributed by atoms with E-state index in [1.54, 1.807) is 6.92 Å². The number of carbonyl (C=O) groups is 2. The minimum absolute atomic E-state index is 0.0308. The van der Waals surface area contributed by atoms with Gasteiger partial charge in [0, 0.05) is 18.0 Å². The van der Waals surface area contributed by atoms with E-state index in [9.17, 15) is 14.0 Å². The van der Waals surface area contributed by atoms with Crippen LogP contribution in [0.25, 0.3) is 0 Å². The summed E-state index contributed by atoms with van der Waals surface area (Å²) in [6.07, 6.45) is 3.82. The first-order valence-corrected chi connectivity index (χ1v) is 8.83. The second-order valence-electron chi connectivity index (χ2n) is 8.12. The van der Waals surface area contributed by atoms with E-state index in [-0.39, 0.29) is 29.9 Å². The highest BCUT2D eigenvalue weighted by Gasteiger charge is 2.46. The molecule has 2 atom stereocenters. The van der Waals surface area contributed by atoms with E-state index in [1.807, 2.05) is 25.7 Å². The van der Waals surface area contributed by atoms with Gasteiger partial charge in [-0.1, -0.05) is 0 Å². The Balaban J connectivity index is 1.73. The molecule has 1 aromatic rings. The third kappa shape index (κ3) is 3.67. The van der Waals surface area contributed by atoms with Crippen molar-refractivity contribution in [3.8, 4) is 0 Å². The summed E-state index contributed by atoms with van der Waals surface area (Å²) >= 11 is 0. The summed E-state index contributed by atoms with van der Waals surface area (Å²) in [5.41, 5.74) is 0.377. The first kappa shape index (κ1) is 17.8. The third-order valence-corrected chi connectivity index (χ3v) is 4.99. The number of ketones is 1. The van der Waals surface area contributed by atoms with Crippen LogP contribution in [0.2, 0.25) is 0 Å². The summed E-state index contributed by atoms with van der Waals surface area (Å²) in [7, 11) is 0.